The Bertz CT molecular complexity index is 3340. The van der Waals surface area contributed by atoms with E-state index >= 15 is 0 Å². The van der Waals surface area contributed by atoms with Gasteiger partial charge in [0.05, 0.1) is 45.8 Å². The number of phenolic OH excluding ortho intramolecular Hbond substituents is 1. The predicted molar refractivity (Wildman–Crippen MR) is 298 cm³/mol. The third-order valence-corrected chi connectivity index (χ3v) is 16.3. The molecule has 4 aliphatic rings. The maximum Gasteiger partial charge on any atom is 0.254 e. The van der Waals surface area contributed by atoms with Gasteiger partial charge in [0, 0.05) is 87.0 Å². The number of pyridine rings is 2. The number of hydrogen-bond acceptors (Lipinski definition) is 18. The number of benzene rings is 2. The van der Waals surface area contributed by atoms with Crippen molar-refractivity contribution in [2.45, 2.75) is 115 Å². The summed E-state index contributed by atoms with van der Waals surface area (Å²) in [6, 6.07) is 25.8. The average molecular weight is 1090 g/mol. The number of anilines is 3. The molecule has 5 aromatic heterocycles. The lowest BCUT2D eigenvalue weighted by atomic mass is 9.91. The number of phenols is 1. The number of aryl methyl sites for hydroxylation is 1. The first kappa shape index (κ1) is 52.8. The van der Waals surface area contributed by atoms with Crippen LogP contribution in [0.4, 0.5) is 17.2 Å². The number of carbonyl (C=O) groups excluding carboxylic acids is 2. The molecule has 6 atom stereocenters. The first-order valence-electron chi connectivity index (χ1n) is 26.9. The van der Waals surface area contributed by atoms with Gasteiger partial charge in [-0.2, -0.15) is 0 Å². The third-order valence-electron chi connectivity index (χ3n) is 15.3. The number of β-amino-alcohol motifs (C(OH)–C–C–N with tert-alkyl or cyclic N) is 1. The van der Waals surface area contributed by atoms with Crippen molar-refractivity contribution in [3.8, 4) is 56.8 Å². The number of piperazine rings is 1. The fraction of sp³-hybridized carbons (Fsp3) is 0.390. The second kappa shape index (κ2) is 23.0. The number of aliphatic hydroxyl groups excluding tert-OH is 1. The van der Waals surface area contributed by atoms with Crippen molar-refractivity contribution in [3.05, 3.63) is 126 Å². The smallest absolute Gasteiger partial charge is 0.254 e. The van der Waals surface area contributed by atoms with Gasteiger partial charge < -0.3 is 54.7 Å². The fourth-order valence-corrected chi connectivity index (χ4v) is 12.0. The van der Waals surface area contributed by atoms with E-state index in [9.17, 15) is 19.8 Å². The number of likely N-dealkylation sites (tertiary alicyclic amines) is 1. The van der Waals surface area contributed by atoms with E-state index in [1.54, 1.807) is 35.7 Å². The van der Waals surface area contributed by atoms with Crippen LogP contribution in [0.15, 0.2) is 107 Å². The van der Waals surface area contributed by atoms with Gasteiger partial charge in [-0.3, -0.25) is 9.59 Å². The van der Waals surface area contributed by atoms with E-state index in [0.717, 1.165) is 71.8 Å². The standard InChI is InChI=1S/C59H63N11O8S/c1-34(2)55(59(74)69-32-43(71)24-50(69)58(73)64-35(3)37-12-14-38(15-13-37)56-36(4)63-33-79-56)52-28-54(67-78-52)75-22-8-7-9-39-16-19-44(29-62-39)76-45-25-46(26-45)77-53-23-40(20-21-61-53)70-41-17-18-42(70)31-68(30-41)49-27-48(65-66-57(49)60)47-10-5-6-11-51(47)72/h5-6,10-16,19-21,23,27-29,33-35,41-43,45-46,50,55,71-72H,8,17-18,22,24-26,30-32H2,1-4H3,(H2,60,66)(H,64,73)/t35-,41?,42?,43+,45?,46?,50-,55+/m0/s1. The van der Waals surface area contributed by atoms with Crippen molar-refractivity contribution in [2.75, 3.05) is 41.8 Å². The summed E-state index contributed by atoms with van der Waals surface area (Å²) in [7, 11) is 0. The number of para-hydroxylation sites is 1. The molecule has 4 fully saturated rings. The molecule has 2 unspecified atom stereocenters. The minimum atomic E-state index is -0.851. The van der Waals surface area contributed by atoms with Crippen LogP contribution in [0.3, 0.4) is 0 Å². The SMILES string of the molecule is Cc1ncsc1-c1ccc([C@H](C)NC(=O)[C@@H]2C[C@@H](O)CN2C(=O)[C@@H](c2cc(OCCC#Cc3ccc(OC4CC(Oc5cc(N6C7CCC6CN(c6cc(-c8ccccc8O)nnc6N)C7)ccn5)C4)cn3)no2)C(C)C)cc1. The van der Waals surface area contributed by atoms with Gasteiger partial charge in [-0.1, -0.05) is 56.2 Å². The van der Waals surface area contributed by atoms with Crippen LogP contribution >= 0.6 is 11.3 Å². The molecule has 0 radical (unpaired) electrons. The third kappa shape index (κ3) is 11.6. The van der Waals surface area contributed by atoms with Crippen LogP contribution in [0.2, 0.25) is 0 Å². The van der Waals surface area contributed by atoms with Crippen LogP contribution in [-0.2, 0) is 9.59 Å². The molecule has 1 aliphatic carbocycles. The van der Waals surface area contributed by atoms with Crippen molar-refractivity contribution in [1.82, 2.24) is 40.5 Å². The Balaban J connectivity index is 0.614. The molecule has 79 heavy (non-hydrogen) atoms. The Morgan fingerprint density at radius 3 is 2.42 bits per heavy atom. The van der Waals surface area contributed by atoms with Crippen LogP contribution in [0.5, 0.6) is 23.3 Å². The summed E-state index contributed by atoms with van der Waals surface area (Å²) >= 11 is 1.58. The number of hydrogen-bond donors (Lipinski definition) is 4. The molecule has 8 heterocycles. The maximum atomic E-state index is 14.2. The van der Waals surface area contributed by atoms with E-state index in [0.29, 0.717) is 46.6 Å². The maximum absolute atomic E-state index is 14.2. The lowest BCUT2D eigenvalue weighted by molar-refractivity contribution is -0.141. The first-order chi connectivity index (χ1) is 38.3. The van der Waals surface area contributed by atoms with Gasteiger partial charge in [-0.15, -0.1) is 21.5 Å². The molecule has 20 heteroatoms. The first-order valence-corrected chi connectivity index (χ1v) is 27.8. The van der Waals surface area contributed by atoms with Gasteiger partial charge >= 0.3 is 0 Å². The minimum absolute atomic E-state index is 0.0132. The monoisotopic (exact) mass is 1090 g/mol. The number of thiazole rings is 1. The number of nitrogens with one attached hydrogen (secondary N) is 1. The van der Waals surface area contributed by atoms with Gasteiger partial charge in [-0.05, 0) is 91.2 Å². The highest BCUT2D eigenvalue weighted by atomic mass is 32.1. The van der Waals surface area contributed by atoms with Crippen LogP contribution in [0, 0.1) is 24.7 Å². The number of nitrogen functional groups attached to an aromatic ring is 1. The molecule has 11 rings (SSSR count). The zero-order valence-corrected chi connectivity index (χ0v) is 45.3. The second-order valence-electron chi connectivity index (χ2n) is 21.1. The van der Waals surface area contributed by atoms with Crippen molar-refractivity contribution in [3.63, 3.8) is 0 Å². The Kier molecular flexibility index (Phi) is 15.3. The van der Waals surface area contributed by atoms with E-state index in [4.69, 9.17) is 24.5 Å². The summed E-state index contributed by atoms with van der Waals surface area (Å²) in [4.78, 5) is 48.6. The Labute approximate surface area is 462 Å². The molecular formula is C59H63N11O8S. The van der Waals surface area contributed by atoms with E-state index < -0.39 is 18.1 Å². The van der Waals surface area contributed by atoms with Crippen LogP contribution in [0.25, 0.3) is 21.7 Å². The van der Waals surface area contributed by atoms with Gasteiger partial charge in [0.2, 0.25) is 17.7 Å². The van der Waals surface area contributed by atoms with Gasteiger partial charge in [0.1, 0.15) is 48.0 Å². The number of nitrogens with zero attached hydrogens (tertiary/aromatic N) is 9. The number of carbonyl (C=O) groups is 2. The number of amides is 2. The lowest BCUT2D eigenvalue weighted by Crippen LogP contribution is -2.54. The molecule has 2 bridgehead atoms. The molecule has 0 spiro atoms. The quantitative estimate of drug-likeness (QED) is 0.0501. The molecule has 2 aromatic carbocycles. The summed E-state index contributed by atoms with van der Waals surface area (Å²) < 4.78 is 24.1. The van der Waals surface area contributed by atoms with E-state index in [1.807, 2.05) is 100 Å². The average Bonchev–Trinajstić information content (AvgIpc) is 4.40. The van der Waals surface area contributed by atoms with E-state index in [2.05, 4.69) is 63.3 Å². The Hall–Kier alpha value is -8.28. The molecule has 3 aliphatic heterocycles. The number of ether oxygens (including phenoxy) is 3. The highest BCUT2D eigenvalue weighted by Gasteiger charge is 2.44. The Morgan fingerprint density at radius 1 is 0.899 bits per heavy atom. The zero-order chi connectivity index (χ0) is 54.7. The zero-order valence-electron chi connectivity index (χ0n) is 44.4. The summed E-state index contributed by atoms with van der Waals surface area (Å²) in [5, 5.41) is 36.8. The normalized spacial score (nSPS) is 21.2. The lowest BCUT2D eigenvalue weighted by Gasteiger charge is -2.43. The van der Waals surface area contributed by atoms with E-state index in [-0.39, 0.29) is 79.3 Å². The molecule has 7 aromatic rings. The summed E-state index contributed by atoms with van der Waals surface area (Å²) in [6.45, 7) is 9.48. The number of rotatable bonds is 17. The fourth-order valence-electron chi connectivity index (χ4n) is 11.2. The minimum Gasteiger partial charge on any atom is -0.507 e. The second-order valence-corrected chi connectivity index (χ2v) is 22.0. The largest absolute Gasteiger partial charge is 0.507 e. The van der Waals surface area contributed by atoms with Crippen molar-refractivity contribution in [2.24, 2.45) is 5.92 Å². The highest BCUT2D eigenvalue weighted by molar-refractivity contribution is 7.13. The number of aliphatic hydroxyl groups is 1. The van der Waals surface area contributed by atoms with Gasteiger partial charge in [0.25, 0.3) is 5.88 Å². The van der Waals surface area contributed by atoms with Crippen LogP contribution in [-0.4, -0.2) is 120 Å². The predicted octanol–water partition coefficient (Wildman–Crippen LogP) is 7.89. The van der Waals surface area contributed by atoms with Gasteiger partial charge in [-0.25, -0.2) is 15.0 Å². The topological polar surface area (TPSA) is 241 Å². The molecular weight excluding hydrogens is 1020 g/mol. The molecule has 1 saturated carbocycles. The van der Waals surface area contributed by atoms with Gasteiger partial charge in [0.15, 0.2) is 11.6 Å². The highest BCUT2D eigenvalue weighted by Crippen LogP contribution is 2.41. The summed E-state index contributed by atoms with van der Waals surface area (Å²) in [5.74, 6) is 6.83. The molecule has 408 valence electrons. The number of aromatic nitrogens is 6. The number of aromatic hydroxyl groups is 1. The molecule has 2 amide bonds. The summed E-state index contributed by atoms with van der Waals surface area (Å²) in [5.41, 5.74) is 14.8. The van der Waals surface area contributed by atoms with Crippen LogP contribution < -0.4 is 35.1 Å². The van der Waals surface area contributed by atoms with E-state index in [1.165, 1.54) is 4.90 Å². The van der Waals surface area contributed by atoms with Crippen LogP contribution in [0.1, 0.15) is 94.0 Å². The molecule has 5 N–H and O–H groups in total. The number of fused-ring (bicyclic) bond motifs is 2. The van der Waals surface area contributed by atoms with Crippen molar-refractivity contribution >= 4 is 40.3 Å². The summed E-state index contributed by atoms with van der Waals surface area (Å²) in [6.07, 6.45) is 6.66. The van der Waals surface area contributed by atoms with Crippen molar-refractivity contribution in [1.29, 1.82) is 0 Å². The Morgan fingerprint density at radius 2 is 1.68 bits per heavy atom. The number of nitrogens with two attached hydrogens (primary N) is 1. The van der Waals surface area contributed by atoms with Crippen molar-refractivity contribution < 1.29 is 38.5 Å². The molecule has 19 nitrogen and oxygen atoms in total. The molecule has 3 saturated heterocycles.